The van der Waals surface area contributed by atoms with Crippen LogP contribution in [0, 0.1) is 0 Å². The van der Waals surface area contributed by atoms with Gasteiger partial charge in [-0.3, -0.25) is 9.59 Å². The third kappa shape index (κ3) is 33.8. The number of carbonyl (C=O) groups is 2. The number of hydrogen-bond acceptors (Lipinski definition) is 10. The Hall–Kier alpha value is -1.30. The molecule has 10 heteroatoms. The average molecular weight is 871 g/mol. The monoisotopic (exact) mass is 871 g/mol. The number of aliphatic hydroxyl groups is 4. The van der Waals surface area contributed by atoms with Crippen LogP contribution < -0.4 is 0 Å². The lowest BCUT2D eigenvalue weighted by atomic mass is 9.99. The van der Waals surface area contributed by atoms with Crippen LogP contribution >= 0.6 is 0 Å². The fourth-order valence-corrected chi connectivity index (χ4v) is 8.37. The van der Waals surface area contributed by atoms with Gasteiger partial charge in [0.2, 0.25) is 0 Å². The molecule has 0 saturated carbocycles. The maximum absolute atomic E-state index is 12.8. The van der Waals surface area contributed by atoms with Gasteiger partial charge in [0.1, 0.15) is 31.0 Å². The molecule has 2 unspecified atom stereocenters. The summed E-state index contributed by atoms with van der Waals surface area (Å²) in [5.41, 5.74) is 0. The summed E-state index contributed by atoms with van der Waals surface area (Å²) in [4.78, 5) is 25.4. The van der Waals surface area contributed by atoms with E-state index in [-0.39, 0.29) is 32.0 Å². The minimum absolute atomic E-state index is 0.208. The molecule has 0 aliphatic carbocycles. The summed E-state index contributed by atoms with van der Waals surface area (Å²) in [6, 6.07) is 0. The first-order chi connectivity index (χ1) is 29.8. The zero-order chi connectivity index (χ0) is 44.4. The lowest BCUT2D eigenvalue weighted by molar-refractivity contribution is -0.305. The third-order valence-corrected chi connectivity index (χ3v) is 12.5. The first kappa shape index (κ1) is 57.7. The summed E-state index contributed by atoms with van der Waals surface area (Å²) in [5.74, 6) is -0.785. The van der Waals surface area contributed by atoms with Crippen molar-refractivity contribution in [2.24, 2.45) is 0 Å². The van der Waals surface area contributed by atoms with Crippen molar-refractivity contribution in [3.8, 4) is 0 Å². The molecule has 0 spiro atoms. The molecular weight excluding hydrogens is 773 g/mol. The van der Waals surface area contributed by atoms with Crippen molar-refractivity contribution in [2.45, 2.75) is 295 Å². The molecule has 362 valence electrons. The largest absolute Gasteiger partial charge is 0.462 e. The Balaban J connectivity index is 2.23. The smallest absolute Gasteiger partial charge is 0.306 e. The van der Waals surface area contributed by atoms with E-state index in [1.54, 1.807) is 0 Å². The van der Waals surface area contributed by atoms with E-state index in [2.05, 4.69) is 13.8 Å². The molecule has 0 aromatic carbocycles. The number of carbonyl (C=O) groups excluding carboxylic acids is 2. The van der Waals surface area contributed by atoms with Crippen molar-refractivity contribution in [3.05, 3.63) is 0 Å². The maximum Gasteiger partial charge on any atom is 0.306 e. The summed E-state index contributed by atoms with van der Waals surface area (Å²) in [5, 5.41) is 40.2. The summed E-state index contributed by atoms with van der Waals surface area (Å²) in [6.45, 7) is 3.48. The summed E-state index contributed by atoms with van der Waals surface area (Å²) in [7, 11) is 0. The Labute approximate surface area is 374 Å². The van der Waals surface area contributed by atoms with Crippen LogP contribution in [0.3, 0.4) is 0 Å². The van der Waals surface area contributed by atoms with Crippen LogP contribution in [0.15, 0.2) is 0 Å². The van der Waals surface area contributed by atoms with E-state index < -0.39 is 49.4 Å². The van der Waals surface area contributed by atoms with Crippen LogP contribution in [-0.2, 0) is 28.5 Å². The standard InChI is InChI=1S/C51H98O10/c1-3-5-7-9-11-13-15-17-19-21-22-23-24-26-27-29-31-33-35-37-39-46(53)58-42-44(43-59-51-50(57)49(56)48(55)45(41-52)61-51)60-47(54)40-38-36-34-32-30-28-25-20-18-16-14-12-10-8-6-4-2/h44-45,48-52,55-57H,3-43H2,1-2H3/t44-,45-,48+,49?,50?,51-/m0/s1. The molecular formula is C51H98O10. The molecule has 1 fully saturated rings. The summed E-state index contributed by atoms with van der Waals surface area (Å²) < 4.78 is 22.3. The van der Waals surface area contributed by atoms with E-state index in [0.29, 0.717) is 6.42 Å². The third-order valence-electron chi connectivity index (χ3n) is 12.5. The molecule has 1 heterocycles. The van der Waals surface area contributed by atoms with E-state index in [1.807, 2.05) is 0 Å². The molecule has 0 amide bonds. The van der Waals surface area contributed by atoms with Crippen LogP contribution in [0.5, 0.6) is 0 Å². The predicted molar refractivity (Wildman–Crippen MR) is 247 cm³/mol. The van der Waals surface area contributed by atoms with Crippen molar-refractivity contribution in [1.29, 1.82) is 0 Å². The quantitative estimate of drug-likeness (QED) is 0.0344. The molecule has 0 radical (unpaired) electrons. The Bertz CT molecular complexity index is 964. The highest BCUT2D eigenvalue weighted by Gasteiger charge is 2.44. The second kappa shape index (κ2) is 42.6. The second-order valence-corrected chi connectivity index (χ2v) is 18.3. The van der Waals surface area contributed by atoms with Gasteiger partial charge in [0.05, 0.1) is 13.2 Å². The Morgan fingerprint density at radius 1 is 0.443 bits per heavy atom. The molecule has 1 saturated heterocycles. The van der Waals surface area contributed by atoms with Gasteiger partial charge in [-0.25, -0.2) is 0 Å². The Morgan fingerprint density at radius 2 is 0.770 bits per heavy atom. The molecule has 0 aromatic heterocycles. The lowest BCUT2D eigenvalue weighted by Gasteiger charge is -2.39. The van der Waals surface area contributed by atoms with Gasteiger partial charge in [-0.05, 0) is 12.8 Å². The van der Waals surface area contributed by atoms with Gasteiger partial charge in [0, 0.05) is 12.8 Å². The van der Waals surface area contributed by atoms with Gasteiger partial charge in [-0.1, -0.05) is 232 Å². The molecule has 10 nitrogen and oxygen atoms in total. The Kier molecular flexibility index (Phi) is 40.3. The fourth-order valence-electron chi connectivity index (χ4n) is 8.37. The van der Waals surface area contributed by atoms with Crippen molar-refractivity contribution in [2.75, 3.05) is 19.8 Å². The molecule has 1 aliphatic rings. The van der Waals surface area contributed by atoms with Crippen molar-refractivity contribution >= 4 is 11.9 Å². The van der Waals surface area contributed by atoms with Crippen molar-refractivity contribution < 1.29 is 49.0 Å². The number of esters is 2. The SMILES string of the molecule is CCCCCCCCCCCCCCCCCCCCCCC(=O)OC[C@@H](CO[C@H]1O[C@@H](CO)[C@@H](O)C(O)C1O)OC(=O)CCCCCCCCCCCCCCCCCC. The highest BCUT2D eigenvalue weighted by molar-refractivity contribution is 5.70. The van der Waals surface area contributed by atoms with Crippen molar-refractivity contribution in [3.63, 3.8) is 0 Å². The molecule has 0 bridgehead atoms. The molecule has 6 atom stereocenters. The van der Waals surface area contributed by atoms with E-state index >= 15 is 0 Å². The minimum atomic E-state index is -1.59. The van der Waals surface area contributed by atoms with Crippen LogP contribution in [-0.4, -0.2) is 89.0 Å². The minimum Gasteiger partial charge on any atom is -0.462 e. The van der Waals surface area contributed by atoms with Crippen molar-refractivity contribution in [1.82, 2.24) is 0 Å². The van der Waals surface area contributed by atoms with Crippen LogP contribution in [0.4, 0.5) is 0 Å². The summed E-state index contributed by atoms with van der Waals surface area (Å²) in [6.07, 6.45) is 38.2. The van der Waals surface area contributed by atoms with Gasteiger partial charge < -0.3 is 39.4 Å². The highest BCUT2D eigenvalue weighted by atomic mass is 16.7. The first-order valence-electron chi connectivity index (χ1n) is 26.1. The highest BCUT2D eigenvalue weighted by Crippen LogP contribution is 2.23. The van der Waals surface area contributed by atoms with Crippen LogP contribution in [0.25, 0.3) is 0 Å². The second-order valence-electron chi connectivity index (χ2n) is 18.3. The molecule has 1 aliphatic heterocycles. The van der Waals surface area contributed by atoms with Gasteiger partial charge in [-0.15, -0.1) is 0 Å². The normalized spacial score (nSPS) is 19.6. The van der Waals surface area contributed by atoms with E-state index in [0.717, 1.165) is 38.5 Å². The van der Waals surface area contributed by atoms with Gasteiger partial charge in [-0.2, -0.15) is 0 Å². The number of ether oxygens (including phenoxy) is 4. The number of aliphatic hydroxyl groups excluding tert-OH is 4. The number of unbranched alkanes of at least 4 members (excludes halogenated alkanes) is 34. The van der Waals surface area contributed by atoms with Crippen LogP contribution in [0.1, 0.15) is 258 Å². The molecule has 1 rings (SSSR count). The van der Waals surface area contributed by atoms with Crippen LogP contribution in [0.2, 0.25) is 0 Å². The topological polar surface area (TPSA) is 152 Å². The number of hydrogen-bond donors (Lipinski definition) is 4. The fraction of sp³-hybridized carbons (Fsp3) is 0.961. The Morgan fingerprint density at radius 3 is 1.11 bits per heavy atom. The zero-order valence-corrected chi connectivity index (χ0v) is 39.7. The van der Waals surface area contributed by atoms with E-state index in [4.69, 9.17) is 18.9 Å². The maximum atomic E-state index is 12.8. The number of rotatable bonds is 45. The molecule has 0 aromatic rings. The zero-order valence-electron chi connectivity index (χ0n) is 39.7. The van der Waals surface area contributed by atoms with Gasteiger partial charge in [0.15, 0.2) is 12.4 Å². The van der Waals surface area contributed by atoms with E-state index in [9.17, 15) is 30.0 Å². The predicted octanol–water partition coefficient (Wildman–Crippen LogP) is 12.1. The van der Waals surface area contributed by atoms with Gasteiger partial charge in [0.25, 0.3) is 0 Å². The molecule has 4 N–H and O–H groups in total. The average Bonchev–Trinajstić information content (AvgIpc) is 3.26. The van der Waals surface area contributed by atoms with Gasteiger partial charge >= 0.3 is 11.9 Å². The van der Waals surface area contributed by atoms with E-state index in [1.165, 1.54) is 186 Å². The molecule has 61 heavy (non-hydrogen) atoms. The first-order valence-corrected chi connectivity index (χ1v) is 26.1. The lowest BCUT2D eigenvalue weighted by Crippen LogP contribution is -2.59. The summed E-state index contributed by atoms with van der Waals surface area (Å²) >= 11 is 0.